The lowest BCUT2D eigenvalue weighted by Gasteiger charge is -2.17. The minimum absolute atomic E-state index is 0.257. The van der Waals surface area contributed by atoms with Gasteiger partial charge in [-0.25, -0.2) is 10.4 Å². The van der Waals surface area contributed by atoms with Gasteiger partial charge in [-0.15, -0.1) is 0 Å². The van der Waals surface area contributed by atoms with E-state index in [2.05, 4.69) is 29.7 Å². The average Bonchev–Trinajstić information content (AvgIpc) is 2.13. The molecular formula is C10H21N3. The van der Waals surface area contributed by atoms with Gasteiger partial charge in [0.2, 0.25) is 0 Å². The van der Waals surface area contributed by atoms with Gasteiger partial charge in [0.1, 0.15) is 0 Å². The summed E-state index contributed by atoms with van der Waals surface area (Å²) in [4.78, 5) is 6.27. The monoisotopic (exact) mass is 183 g/mol. The molecule has 0 heterocycles. The molecule has 0 aromatic carbocycles. The molecule has 0 spiro atoms. The normalized spacial score (nSPS) is 12.6. The van der Waals surface area contributed by atoms with Crippen LogP contribution in [0.4, 0.5) is 0 Å². The van der Waals surface area contributed by atoms with Gasteiger partial charge in [-0.2, -0.15) is 0 Å². The zero-order valence-corrected chi connectivity index (χ0v) is 9.01. The summed E-state index contributed by atoms with van der Waals surface area (Å²) in [6, 6.07) is 2.35. The Morgan fingerprint density at radius 2 is 2.00 bits per heavy atom. The molecule has 0 aromatic heterocycles. The highest BCUT2D eigenvalue weighted by molar-refractivity contribution is 5.36. The minimum atomic E-state index is 0.257. The molecule has 0 aliphatic carbocycles. The van der Waals surface area contributed by atoms with Gasteiger partial charge in [-0.1, -0.05) is 13.8 Å². The molecule has 0 rings (SSSR count). The van der Waals surface area contributed by atoms with Crippen LogP contribution in [0.15, 0.2) is 4.99 Å². The van der Waals surface area contributed by atoms with Crippen LogP contribution in [0.5, 0.6) is 0 Å². The molecule has 0 aliphatic heterocycles. The maximum atomic E-state index is 6.70. The zero-order valence-electron chi connectivity index (χ0n) is 9.01. The SMILES string of the molecule is CCN(CC)CCCC(C)N=C=N. The lowest BCUT2D eigenvalue weighted by molar-refractivity contribution is 0.294. The Morgan fingerprint density at radius 1 is 1.38 bits per heavy atom. The topological polar surface area (TPSA) is 39.5 Å². The highest BCUT2D eigenvalue weighted by Crippen LogP contribution is 2.01. The van der Waals surface area contributed by atoms with Gasteiger partial charge >= 0.3 is 0 Å². The Kier molecular flexibility index (Phi) is 7.56. The number of rotatable bonds is 7. The van der Waals surface area contributed by atoms with E-state index in [1.807, 2.05) is 6.92 Å². The van der Waals surface area contributed by atoms with Crippen LogP contribution in [-0.2, 0) is 0 Å². The maximum absolute atomic E-state index is 6.70. The zero-order chi connectivity index (χ0) is 10.1. The summed E-state index contributed by atoms with van der Waals surface area (Å²) < 4.78 is 0. The quantitative estimate of drug-likeness (QED) is 0.604. The molecular weight excluding hydrogens is 162 g/mol. The van der Waals surface area contributed by atoms with Gasteiger partial charge in [-0.3, -0.25) is 0 Å². The molecule has 3 heteroatoms. The van der Waals surface area contributed by atoms with Crippen molar-refractivity contribution in [1.82, 2.24) is 4.90 Å². The van der Waals surface area contributed by atoms with Crippen molar-refractivity contribution in [3.05, 3.63) is 0 Å². The second kappa shape index (κ2) is 7.96. The van der Waals surface area contributed by atoms with Crippen LogP contribution in [0.3, 0.4) is 0 Å². The number of nitrogens with one attached hydrogen (secondary N) is 1. The van der Waals surface area contributed by atoms with E-state index >= 15 is 0 Å². The van der Waals surface area contributed by atoms with Crippen molar-refractivity contribution in [3.63, 3.8) is 0 Å². The summed E-state index contributed by atoms with van der Waals surface area (Å²) in [5, 5.41) is 6.70. The van der Waals surface area contributed by atoms with E-state index in [1.165, 1.54) is 0 Å². The van der Waals surface area contributed by atoms with E-state index in [1.54, 1.807) is 0 Å². The molecule has 0 aliphatic rings. The highest BCUT2D eigenvalue weighted by Gasteiger charge is 2.01. The number of hydrogen-bond acceptors (Lipinski definition) is 3. The number of nitrogens with zero attached hydrogens (tertiary/aromatic N) is 2. The third-order valence-corrected chi connectivity index (χ3v) is 2.28. The van der Waals surface area contributed by atoms with Crippen molar-refractivity contribution < 1.29 is 0 Å². The molecule has 1 unspecified atom stereocenters. The Morgan fingerprint density at radius 3 is 2.46 bits per heavy atom. The first-order valence-electron chi connectivity index (χ1n) is 5.08. The van der Waals surface area contributed by atoms with Gasteiger partial charge < -0.3 is 4.90 Å². The number of hydrogen-bond donors (Lipinski definition) is 1. The maximum Gasteiger partial charge on any atom is 0.0864 e. The van der Waals surface area contributed by atoms with Crippen molar-refractivity contribution in [2.45, 2.75) is 39.7 Å². The van der Waals surface area contributed by atoms with Gasteiger partial charge in [0.25, 0.3) is 0 Å². The molecule has 0 saturated heterocycles. The second-order valence-electron chi connectivity index (χ2n) is 3.26. The van der Waals surface area contributed by atoms with E-state index in [-0.39, 0.29) is 6.04 Å². The largest absolute Gasteiger partial charge is 0.304 e. The highest BCUT2D eigenvalue weighted by atomic mass is 15.1. The standard InChI is InChI=1S/C10H21N3/c1-4-13(5-2)8-6-7-10(3)12-9-11/h10-11H,4-8H2,1-3H3. The van der Waals surface area contributed by atoms with Crippen molar-refractivity contribution in [3.8, 4) is 0 Å². The molecule has 0 radical (unpaired) electrons. The van der Waals surface area contributed by atoms with Crippen LogP contribution < -0.4 is 0 Å². The smallest absolute Gasteiger partial charge is 0.0864 e. The molecule has 1 N–H and O–H groups in total. The van der Waals surface area contributed by atoms with Crippen molar-refractivity contribution in [1.29, 1.82) is 5.41 Å². The Bertz CT molecular complexity index is 158. The average molecular weight is 183 g/mol. The fourth-order valence-electron chi connectivity index (χ4n) is 1.32. The van der Waals surface area contributed by atoms with Crippen molar-refractivity contribution in [2.24, 2.45) is 4.99 Å². The Hall–Kier alpha value is -0.660. The third kappa shape index (κ3) is 6.50. The molecule has 3 nitrogen and oxygen atoms in total. The summed E-state index contributed by atoms with van der Waals surface area (Å²) in [7, 11) is 0. The van der Waals surface area contributed by atoms with Crippen LogP contribution in [0.25, 0.3) is 0 Å². The fourth-order valence-corrected chi connectivity index (χ4v) is 1.32. The lowest BCUT2D eigenvalue weighted by atomic mass is 10.2. The summed E-state index contributed by atoms with van der Waals surface area (Å²) in [6.45, 7) is 9.79. The predicted octanol–water partition coefficient (Wildman–Crippen LogP) is 2.25. The molecule has 0 saturated carbocycles. The third-order valence-electron chi connectivity index (χ3n) is 2.28. The van der Waals surface area contributed by atoms with E-state index < -0.39 is 0 Å². The molecule has 0 fully saturated rings. The summed E-state index contributed by atoms with van der Waals surface area (Å²) in [5.74, 6) is 0. The lowest BCUT2D eigenvalue weighted by Crippen LogP contribution is -2.24. The molecule has 76 valence electrons. The minimum Gasteiger partial charge on any atom is -0.304 e. The molecule has 0 amide bonds. The van der Waals surface area contributed by atoms with Crippen molar-refractivity contribution >= 4 is 6.01 Å². The Balaban J connectivity index is 3.48. The van der Waals surface area contributed by atoms with Crippen molar-refractivity contribution in [2.75, 3.05) is 19.6 Å². The van der Waals surface area contributed by atoms with Crippen LogP contribution >= 0.6 is 0 Å². The summed E-state index contributed by atoms with van der Waals surface area (Å²) in [6.07, 6.45) is 2.22. The molecule has 13 heavy (non-hydrogen) atoms. The summed E-state index contributed by atoms with van der Waals surface area (Å²) in [5.41, 5.74) is 0. The molecule has 1 atom stereocenters. The van der Waals surface area contributed by atoms with E-state index in [9.17, 15) is 0 Å². The fraction of sp³-hybridized carbons (Fsp3) is 0.900. The van der Waals surface area contributed by atoms with Crippen LogP contribution in [0.2, 0.25) is 0 Å². The van der Waals surface area contributed by atoms with Gasteiger partial charge in [0.05, 0.1) is 12.1 Å². The van der Waals surface area contributed by atoms with E-state index in [4.69, 9.17) is 5.41 Å². The van der Waals surface area contributed by atoms with Gasteiger partial charge in [-0.05, 0) is 39.4 Å². The molecule has 0 aromatic rings. The summed E-state index contributed by atoms with van der Waals surface area (Å²) >= 11 is 0. The van der Waals surface area contributed by atoms with E-state index in [0.717, 1.165) is 32.5 Å². The first kappa shape index (κ1) is 12.3. The van der Waals surface area contributed by atoms with Gasteiger partial charge in [0.15, 0.2) is 0 Å². The molecule has 0 bridgehead atoms. The predicted molar refractivity (Wildman–Crippen MR) is 56.6 cm³/mol. The van der Waals surface area contributed by atoms with Crippen LogP contribution in [0, 0.1) is 5.41 Å². The van der Waals surface area contributed by atoms with Gasteiger partial charge in [0, 0.05) is 0 Å². The first-order chi connectivity index (χ1) is 6.24. The second-order valence-corrected chi connectivity index (χ2v) is 3.26. The van der Waals surface area contributed by atoms with Crippen LogP contribution in [0.1, 0.15) is 33.6 Å². The Labute approximate surface area is 81.4 Å². The number of aliphatic imine (C=N–C) groups is 1. The van der Waals surface area contributed by atoms with E-state index in [0.29, 0.717) is 0 Å². The first-order valence-corrected chi connectivity index (χ1v) is 5.08. The van der Waals surface area contributed by atoms with Crippen LogP contribution in [-0.4, -0.2) is 36.6 Å².